The molecule has 0 aromatic heterocycles. The van der Waals surface area contributed by atoms with Crippen LogP contribution in [-0.4, -0.2) is 29.4 Å². The number of aryl methyl sites for hydroxylation is 1. The first kappa shape index (κ1) is 15.2. The van der Waals surface area contributed by atoms with Gasteiger partial charge in [-0.15, -0.1) is 0 Å². The SMILES string of the molecule is COc1ccc(CCC2Cc3cc(O)cc(O)c3C(=O)O2)cc1. The average molecular weight is 314 g/mol. The van der Waals surface area contributed by atoms with Crippen LogP contribution in [0.2, 0.25) is 0 Å². The molecular formula is C18H18O5. The van der Waals surface area contributed by atoms with Crippen molar-refractivity contribution < 1.29 is 24.5 Å². The molecule has 0 aliphatic carbocycles. The van der Waals surface area contributed by atoms with Crippen LogP contribution in [0.5, 0.6) is 17.2 Å². The van der Waals surface area contributed by atoms with Crippen molar-refractivity contribution in [1.29, 1.82) is 0 Å². The van der Waals surface area contributed by atoms with Crippen LogP contribution in [0.4, 0.5) is 0 Å². The van der Waals surface area contributed by atoms with Crippen molar-refractivity contribution in [3.8, 4) is 17.2 Å². The molecule has 5 nitrogen and oxygen atoms in total. The first-order chi connectivity index (χ1) is 11.1. The number of phenolic OH excluding ortho intramolecular Hbond substituents is 2. The van der Waals surface area contributed by atoms with Gasteiger partial charge in [-0.05, 0) is 42.2 Å². The molecule has 1 atom stereocenters. The van der Waals surface area contributed by atoms with E-state index in [1.54, 1.807) is 7.11 Å². The van der Waals surface area contributed by atoms with Gasteiger partial charge in [0.1, 0.15) is 28.9 Å². The van der Waals surface area contributed by atoms with Crippen LogP contribution >= 0.6 is 0 Å². The van der Waals surface area contributed by atoms with Crippen LogP contribution in [0.3, 0.4) is 0 Å². The minimum atomic E-state index is -0.538. The number of hydrogen-bond donors (Lipinski definition) is 2. The lowest BCUT2D eigenvalue weighted by Gasteiger charge is -2.25. The molecule has 23 heavy (non-hydrogen) atoms. The second-order valence-electron chi connectivity index (χ2n) is 5.62. The maximum absolute atomic E-state index is 12.0. The van der Waals surface area contributed by atoms with E-state index in [1.807, 2.05) is 24.3 Å². The molecule has 3 rings (SSSR count). The number of hydrogen-bond acceptors (Lipinski definition) is 5. The van der Waals surface area contributed by atoms with Gasteiger partial charge in [0.25, 0.3) is 0 Å². The smallest absolute Gasteiger partial charge is 0.342 e. The van der Waals surface area contributed by atoms with E-state index in [4.69, 9.17) is 9.47 Å². The molecule has 0 fully saturated rings. The molecule has 2 aromatic carbocycles. The number of rotatable bonds is 4. The average Bonchev–Trinajstić information content (AvgIpc) is 2.52. The van der Waals surface area contributed by atoms with E-state index in [2.05, 4.69) is 0 Å². The number of aromatic hydroxyl groups is 2. The third kappa shape index (κ3) is 3.23. The summed E-state index contributed by atoms with van der Waals surface area (Å²) in [6.07, 6.45) is 1.66. The largest absolute Gasteiger partial charge is 0.508 e. The number of benzene rings is 2. The Hall–Kier alpha value is -2.69. The standard InChI is InChI=1S/C18H18O5/c1-22-14-5-2-11(3-6-14)4-7-15-9-12-8-13(19)10-16(20)17(12)18(21)23-15/h2-3,5-6,8,10,15,19-20H,4,7,9H2,1H3. The first-order valence-electron chi connectivity index (χ1n) is 7.45. The first-order valence-corrected chi connectivity index (χ1v) is 7.45. The van der Waals surface area contributed by atoms with Gasteiger partial charge in [-0.3, -0.25) is 0 Å². The van der Waals surface area contributed by atoms with E-state index >= 15 is 0 Å². The zero-order valence-electron chi connectivity index (χ0n) is 12.8. The van der Waals surface area contributed by atoms with Crippen LogP contribution in [0.1, 0.15) is 27.9 Å². The van der Waals surface area contributed by atoms with Gasteiger partial charge < -0.3 is 19.7 Å². The predicted octanol–water partition coefficient (Wildman–Crippen LogP) is 2.82. The van der Waals surface area contributed by atoms with Gasteiger partial charge in [-0.2, -0.15) is 0 Å². The number of carbonyl (C=O) groups is 1. The van der Waals surface area contributed by atoms with Crippen molar-refractivity contribution in [3.63, 3.8) is 0 Å². The molecule has 0 spiro atoms. The van der Waals surface area contributed by atoms with E-state index in [1.165, 1.54) is 6.07 Å². The Morgan fingerprint density at radius 2 is 1.96 bits per heavy atom. The van der Waals surface area contributed by atoms with Crippen LogP contribution in [-0.2, 0) is 17.6 Å². The Morgan fingerprint density at radius 1 is 1.22 bits per heavy atom. The molecule has 5 heteroatoms. The van der Waals surface area contributed by atoms with Crippen LogP contribution in [0.15, 0.2) is 36.4 Å². The molecule has 0 amide bonds. The van der Waals surface area contributed by atoms with Crippen LogP contribution < -0.4 is 4.74 Å². The third-order valence-corrected chi connectivity index (χ3v) is 4.02. The molecule has 1 aliphatic heterocycles. The van der Waals surface area contributed by atoms with Gasteiger partial charge in [0.2, 0.25) is 0 Å². The number of phenols is 2. The van der Waals surface area contributed by atoms with E-state index in [-0.39, 0.29) is 23.2 Å². The Bertz CT molecular complexity index is 721. The summed E-state index contributed by atoms with van der Waals surface area (Å²) in [6.45, 7) is 0. The summed E-state index contributed by atoms with van der Waals surface area (Å²) in [5, 5.41) is 19.4. The number of carbonyl (C=O) groups excluding carboxylic acids is 1. The van der Waals surface area contributed by atoms with Gasteiger partial charge in [-0.25, -0.2) is 4.79 Å². The minimum absolute atomic E-state index is 0.0511. The fourth-order valence-electron chi connectivity index (χ4n) is 2.84. The van der Waals surface area contributed by atoms with Crippen molar-refractivity contribution in [1.82, 2.24) is 0 Å². The van der Waals surface area contributed by atoms with E-state index in [0.29, 0.717) is 18.4 Å². The lowest BCUT2D eigenvalue weighted by atomic mass is 9.94. The highest BCUT2D eigenvalue weighted by atomic mass is 16.5. The minimum Gasteiger partial charge on any atom is -0.508 e. The van der Waals surface area contributed by atoms with E-state index in [0.717, 1.165) is 23.8 Å². The number of cyclic esters (lactones) is 1. The normalized spacial score (nSPS) is 16.6. The summed E-state index contributed by atoms with van der Waals surface area (Å²) >= 11 is 0. The summed E-state index contributed by atoms with van der Waals surface area (Å²) in [5.41, 5.74) is 1.91. The van der Waals surface area contributed by atoms with Crippen molar-refractivity contribution in [2.75, 3.05) is 7.11 Å². The summed E-state index contributed by atoms with van der Waals surface area (Å²) < 4.78 is 10.5. The predicted molar refractivity (Wildman–Crippen MR) is 84.0 cm³/mol. The van der Waals surface area contributed by atoms with Crippen molar-refractivity contribution in [3.05, 3.63) is 53.1 Å². The highest BCUT2D eigenvalue weighted by Crippen LogP contribution is 2.33. The fraction of sp³-hybridized carbons (Fsp3) is 0.278. The molecule has 0 radical (unpaired) electrons. The monoisotopic (exact) mass is 314 g/mol. The Kier molecular flexibility index (Phi) is 4.10. The second kappa shape index (κ2) is 6.20. The number of fused-ring (bicyclic) bond motifs is 1. The van der Waals surface area contributed by atoms with Crippen LogP contribution in [0.25, 0.3) is 0 Å². The van der Waals surface area contributed by atoms with Gasteiger partial charge >= 0.3 is 5.97 Å². The molecule has 0 saturated carbocycles. The number of esters is 1. The summed E-state index contributed by atoms with van der Waals surface area (Å²) in [4.78, 5) is 12.0. The second-order valence-corrected chi connectivity index (χ2v) is 5.62. The number of methoxy groups -OCH3 is 1. The highest BCUT2D eigenvalue weighted by Gasteiger charge is 2.29. The van der Waals surface area contributed by atoms with Crippen LogP contribution in [0, 0.1) is 0 Å². The third-order valence-electron chi connectivity index (χ3n) is 4.02. The van der Waals surface area contributed by atoms with Crippen molar-refractivity contribution in [2.45, 2.75) is 25.4 Å². The lowest BCUT2D eigenvalue weighted by Crippen LogP contribution is -2.28. The maximum Gasteiger partial charge on any atom is 0.342 e. The summed E-state index contributed by atoms with van der Waals surface area (Å²) in [6, 6.07) is 10.4. The molecular weight excluding hydrogens is 296 g/mol. The molecule has 1 unspecified atom stereocenters. The fourth-order valence-corrected chi connectivity index (χ4v) is 2.84. The Labute approximate surface area is 134 Å². The summed E-state index contributed by atoms with van der Waals surface area (Å²) in [7, 11) is 1.62. The van der Waals surface area contributed by atoms with Gasteiger partial charge in [0, 0.05) is 12.5 Å². The van der Waals surface area contributed by atoms with Crippen molar-refractivity contribution >= 4 is 5.97 Å². The Balaban J connectivity index is 1.69. The van der Waals surface area contributed by atoms with Crippen molar-refractivity contribution in [2.24, 2.45) is 0 Å². The Morgan fingerprint density at radius 3 is 2.65 bits per heavy atom. The van der Waals surface area contributed by atoms with Gasteiger partial charge in [-0.1, -0.05) is 12.1 Å². The molecule has 2 aromatic rings. The molecule has 1 aliphatic rings. The molecule has 2 N–H and O–H groups in total. The van der Waals surface area contributed by atoms with E-state index < -0.39 is 5.97 Å². The maximum atomic E-state index is 12.0. The van der Waals surface area contributed by atoms with E-state index in [9.17, 15) is 15.0 Å². The summed E-state index contributed by atoms with van der Waals surface area (Å²) in [5.74, 6) is -0.0235. The highest BCUT2D eigenvalue weighted by molar-refractivity contribution is 5.95. The number of ether oxygens (including phenoxy) is 2. The molecule has 0 saturated heterocycles. The zero-order valence-corrected chi connectivity index (χ0v) is 12.8. The zero-order chi connectivity index (χ0) is 16.4. The molecule has 120 valence electrons. The molecule has 0 bridgehead atoms. The molecule has 1 heterocycles. The topological polar surface area (TPSA) is 76.0 Å². The lowest BCUT2D eigenvalue weighted by molar-refractivity contribution is 0.0234. The van der Waals surface area contributed by atoms with Gasteiger partial charge in [0.05, 0.1) is 7.11 Å². The quantitative estimate of drug-likeness (QED) is 0.849. The van der Waals surface area contributed by atoms with Gasteiger partial charge in [0.15, 0.2) is 0 Å².